The second kappa shape index (κ2) is 7.19. The van der Waals surface area contributed by atoms with Gasteiger partial charge in [0.05, 0.1) is 22.6 Å². The molecule has 4 nitrogen and oxygen atoms in total. The van der Waals surface area contributed by atoms with E-state index in [1.807, 2.05) is 18.2 Å². The van der Waals surface area contributed by atoms with E-state index in [0.29, 0.717) is 20.8 Å². The molecule has 1 aromatic carbocycles. The van der Waals surface area contributed by atoms with Gasteiger partial charge in [0.1, 0.15) is 0 Å². The second-order valence-corrected chi connectivity index (χ2v) is 4.95. The molecule has 0 fully saturated rings. The number of thiocarbonyl (C=S) groups is 1. The van der Waals surface area contributed by atoms with Crippen molar-refractivity contribution >= 4 is 52.4 Å². The Hall–Kier alpha value is -1.69. The van der Waals surface area contributed by atoms with Gasteiger partial charge in [0.15, 0.2) is 5.11 Å². The van der Waals surface area contributed by atoms with Gasteiger partial charge in [-0.2, -0.15) is 5.10 Å². The van der Waals surface area contributed by atoms with Crippen molar-refractivity contribution in [3.05, 3.63) is 58.3 Å². The summed E-state index contributed by atoms with van der Waals surface area (Å²) in [6, 6.07) is 10.6. The van der Waals surface area contributed by atoms with Crippen molar-refractivity contribution < 1.29 is 0 Å². The van der Waals surface area contributed by atoms with Crippen LogP contribution in [-0.4, -0.2) is 16.3 Å². The normalized spacial score (nSPS) is 10.5. The number of halogens is 2. The van der Waals surface area contributed by atoms with E-state index in [-0.39, 0.29) is 0 Å². The number of nitrogens with one attached hydrogen (secondary N) is 2. The Morgan fingerprint density at radius 2 is 2.10 bits per heavy atom. The molecule has 0 saturated carbocycles. The number of aromatic nitrogens is 1. The summed E-state index contributed by atoms with van der Waals surface area (Å²) in [5.74, 6) is 0. The molecular weight excluding hydrogens is 315 g/mol. The molecule has 2 N–H and O–H groups in total. The fourth-order valence-corrected chi connectivity index (χ4v) is 1.85. The molecule has 0 radical (unpaired) electrons. The minimum Gasteiger partial charge on any atom is -0.330 e. The minimum atomic E-state index is 0.307. The van der Waals surface area contributed by atoms with E-state index >= 15 is 0 Å². The highest BCUT2D eigenvalue weighted by molar-refractivity contribution is 7.80. The van der Waals surface area contributed by atoms with E-state index in [1.54, 1.807) is 30.6 Å². The summed E-state index contributed by atoms with van der Waals surface area (Å²) >= 11 is 17.0. The van der Waals surface area contributed by atoms with Crippen LogP contribution in [0.2, 0.25) is 10.0 Å². The maximum atomic E-state index is 6.01. The summed E-state index contributed by atoms with van der Waals surface area (Å²) < 4.78 is 0. The minimum absolute atomic E-state index is 0.307. The first kappa shape index (κ1) is 14.7. The predicted molar refractivity (Wildman–Crippen MR) is 87.6 cm³/mol. The molecule has 1 aromatic heterocycles. The molecule has 0 unspecified atom stereocenters. The third-order valence-electron chi connectivity index (χ3n) is 2.23. The summed E-state index contributed by atoms with van der Waals surface area (Å²) in [6.07, 6.45) is 3.25. The Bertz CT molecular complexity index is 632. The van der Waals surface area contributed by atoms with Gasteiger partial charge in [-0.3, -0.25) is 10.4 Å². The first-order chi connectivity index (χ1) is 9.65. The van der Waals surface area contributed by atoms with E-state index in [0.717, 1.165) is 5.69 Å². The number of rotatable bonds is 3. The van der Waals surface area contributed by atoms with Gasteiger partial charge in [-0.1, -0.05) is 29.3 Å². The quantitative estimate of drug-likeness (QED) is 0.513. The highest BCUT2D eigenvalue weighted by Crippen LogP contribution is 2.25. The topological polar surface area (TPSA) is 49.3 Å². The van der Waals surface area contributed by atoms with Crippen LogP contribution < -0.4 is 10.7 Å². The Morgan fingerprint density at radius 1 is 1.25 bits per heavy atom. The lowest BCUT2D eigenvalue weighted by Crippen LogP contribution is -2.24. The Balaban J connectivity index is 1.93. The second-order valence-electron chi connectivity index (χ2n) is 3.70. The van der Waals surface area contributed by atoms with Crippen molar-refractivity contribution in [1.29, 1.82) is 0 Å². The van der Waals surface area contributed by atoms with Crippen molar-refractivity contribution in [3.63, 3.8) is 0 Å². The number of anilines is 1. The van der Waals surface area contributed by atoms with Gasteiger partial charge in [0.2, 0.25) is 0 Å². The Morgan fingerprint density at radius 3 is 2.85 bits per heavy atom. The number of pyridine rings is 1. The number of hydrogen-bond donors (Lipinski definition) is 2. The highest BCUT2D eigenvalue weighted by atomic mass is 35.5. The smallest absolute Gasteiger partial charge is 0.191 e. The zero-order valence-corrected chi connectivity index (χ0v) is 12.5. The standard InChI is InChI=1S/C13H10Cl2N4S/c14-9-4-5-11(15)12(7-9)18-13(20)19-17-8-10-3-1-2-6-16-10/h1-8H,(H2,18,19,20)/b17-8-. The summed E-state index contributed by atoms with van der Waals surface area (Å²) in [6.45, 7) is 0. The van der Waals surface area contributed by atoms with E-state index < -0.39 is 0 Å². The van der Waals surface area contributed by atoms with E-state index in [1.165, 1.54) is 0 Å². The molecule has 0 atom stereocenters. The van der Waals surface area contributed by atoms with Crippen LogP contribution in [0.5, 0.6) is 0 Å². The van der Waals surface area contributed by atoms with Gasteiger partial charge >= 0.3 is 0 Å². The van der Waals surface area contributed by atoms with Crippen molar-refractivity contribution in [2.75, 3.05) is 5.32 Å². The molecule has 0 aliphatic rings. The van der Waals surface area contributed by atoms with Crippen molar-refractivity contribution in [2.24, 2.45) is 5.10 Å². The largest absolute Gasteiger partial charge is 0.330 e. The average molecular weight is 325 g/mol. The number of nitrogens with zero attached hydrogens (tertiary/aromatic N) is 2. The molecule has 0 aliphatic carbocycles. The third kappa shape index (κ3) is 4.45. The van der Waals surface area contributed by atoms with Crippen molar-refractivity contribution in [3.8, 4) is 0 Å². The third-order valence-corrected chi connectivity index (χ3v) is 2.99. The van der Waals surface area contributed by atoms with Gasteiger partial charge < -0.3 is 5.32 Å². The predicted octanol–water partition coefficient (Wildman–Crippen LogP) is 3.71. The number of hydrazone groups is 1. The van der Waals surface area contributed by atoms with Gasteiger partial charge in [-0.05, 0) is 42.5 Å². The fourth-order valence-electron chi connectivity index (χ4n) is 1.35. The first-order valence-corrected chi connectivity index (χ1v) is 6.78. The molecule has 0 aliphatic heterocycles. The summed E-state index contributed by atoms with van der Waals surface area (Å²) in [5, 5.41) is 8.27. The van der Waals surface area contributed by atoms with E-state index in [2.05, 4.69) is 20.8 Å². The maximum Gasteiger partial charge on any atom is 0.191 e. The van der Waals surface area contributed by atoms with Gasteiger partial charge in [0, 0.05) is 11.2 Å². The highest BCUT2D eigenvalue weighted by Gasteiger charge is 2.02. The molecule has 0 spiro atoms. The van der Waals surface area contributed by atoms with Gasteiger partial charge in [-0.15, -0.1) is 0 Å². The molecule has 0 saturated heterocycles. The zero-order valence-electron chi connectivity index (χ0n) is 10.2. The lowest BCUT2D eigenvalue weighted by molar-refractivity contribution is 1.05. The zero-order chi connectivity index (χ0) is 14.4. The van der Waals surface area contributed by atoms with Crippen LogP contribution in [-0.2, 0) is 0 Å². The SMILES string of the molecule is S=C(N/N=C\c1ccccn1)Nc1cc(Cl)ccc1Cl. The molecule has 0 bridgehead atoms. The van der Waals surface area contributed by atoms with Gasteiger partial charge in [-0.25, -0.2) is 0 Å². The van der Waals surface area contributed by atoms with Crippen LogP contribution in [0.1, 0.15) is 5.69 Å². The van der Waals surface area contributed by atoms with Crippen LogP contribution in [0.4, 0.5) is 5.69 Å². The molecule has 2 rings (SSSR count). The molecule has 20 heavy (non-hydrogen) atoms. The van der Waals surface area contributed by atoms with Crippen molar-refractivity contribution in [2.45, 2.75) is 0 Å². The number of hydrogen-bond acceptors (Lipinski definition) is 3. The molecular formula is C13H10Cl2N4S. The Kier molecular flexibility index (Phi) is 5.29. The average Bonchev–Trinajstić information content (AvgIpc) is 2.44. The van der Waals surface area contributed by atoms with E-state index in [9.17, 15) is 0 Å². The van der Waals surface area contributed by atoms with Crippen LogP contribution in [0.25, 0.3) is 0 Å². The van der Waals surface area contributed by atoms with Crippen LogP contribution in [0.3, 0.4) is 0 Å². The first-order valence-electron chi connectivity index (χ1n) is 5.61. The molecule has 0 amide bonds. The molecule has 7 heteroatoms. The molecule has 102 valence electrons. The lowest BCUT2D eigenvalue weighted by atomic mass is 10.3. The summed E-state index contributed by atoms with van der Waals surface area (Å²) in [5.41, 5.74) is 4.02. The fraction of sp³-hybridized carbons (Fsp3) is 0. The molecule has 1 heterocycles. The van der Waals surface area contributed by atoms with Crippen LogP contribution in [0, 0.1) is 0 Å². The van der Waals surface area contributed by atoms with Crippen LogP contribution in [0.15, 0.2) is 47.7 Å². The number of benzene rings is 1. The van der Waals surface area contributed by atoms with Crippen LogP contribution >= 0.6 is 35.4 Å². The van der Waals surface area contributed by atoms with E-state index in [4.69, 9.17) is 35.4 Å². The Labute approximate surface area is 131 Å². The van der Waals surface area contributed by atoms with Gasteiger partial charge in [0.25, 0.3) is 0 Å². The summed E-state index contributed by atoms with van der Waals surface area (Å²) in [4.78, 5) is 4.09. The molecule has 2 aromatic rings. The summed E-state index contributed by atoms with van der Waals surface area (Å²) in [7, 11) is 0. The monoisotopic (exact) mass is 324 g/mol. The lowest BCUT2D eigenvalue weighted by Gasteiger charge is -2.08. The maximum absolute atomic E-state index is 6.01. The van der Waals surface area contributed by atoms with Crippen molar-refractivity contribution in [1.82, 2.24) is 10.4 Å².